The number of aryl methyl sites for hydroxylation is 1. The molecule has 1 heterocycles. The normalized spacial score (nSPS) is 11.8. The summed E-state index contributed by atoms with van der Waals surface area (Å²) in [6, 6.07) is 5.96. The molecule has 2 rings (SSSR count). The summed E-state index contributed by atoms with van der Waals surface area (Å²) in [4.78, 5) is 25.4. The average molecular weight is 243 g/mol. The average Bonchev–Trinajstić information content (AvgIpc) is 2.27. The van der Waals surface area contributed by atoms with Gasteiger partial charge in [-0.1, -0.05) is 26.8 Å². The Hall–Kier alpha value is -1.90. The van der Waals surface area contributed by atoms with Crippen LogP contribution in [0.25, 0.3) is 10.9 Å². The summed E-state index contributed by atoms with van der Waals surface area (Å²) in [7, 11) is 0. The maximum atomic E-state index is 11.7. The van der Waals surface area contributed by atoms with E-state index < -0.39 is 0 Å². The van der Waals surface area contributed by atoms with Crippen LogP contribution in [0.3, 0.4) is 0 Å². The molecule has 1 aromatic carbocycles. The summed E-state index contributed by atoms with van der Waals surface area (Å²) in [5.74, 6) is 0. The van der Waals surface area contributed by atoms with Gasteiger partial charge in [0.15, 0.2) is 6.29 Å². The molecule has 0 bridgehead atoms. The van der Waals surface area contributed by atoms with Crippen LogP contribution in [-0.2, 0) is 5.41 Å². The molecule has 0 spiro atoms. The van der Waals surface area contributed by atoms with Gasteiger partial charge in [-0.25, -0.2) is 0 Å². The number of aldehydes is 1. The van der Waals surface area contributed by atoms with Gasteiger partial charge in [0.2, 0.25) is 0 Å². The van der Waals surface area contributed by atoms with Crippen LogP contribution in [0.15, 0.2) is 23.0 Å². The number of carbonyl (C=O) groups is 1. The van der Waals surface area contributed by atoms with Crippen LogP contribution < -0.4 is 5.56 Å². The summed E-state index contributed by atoms with van der Waals surface area (Å²) in [5, 5.41) is 0.934. The molecule has 0 atom stereocenters. The molecule has 0 unspecified atom stereocenters. The van der Waals surface area contributed by atoms with E-state index in [2.05, 4.69) is 25.8 Å². The highest BCUT2D eigenvalue weighted by atomic mass is 16.1. The minimum absolute atomic E-state index is 0.0398. The van der Waals surface area contributed by atoms with Crippen molar-refractivity contribution in [3.63, 3.8) is 0 Å². The van der Waals surface area contributed by atoms with E-state index in [0.29, 0.717) is 6.29 Å². The predicted octanol–water partition coefficient (Wildman–Crippen LogP) is 2.95. The van der Waals surface area contributed by atoms with E-state index in [1.165, 1.54) is 5.56 Å². The number of carbonyl (C=O) groups excluding carboxylic acids is 1. The lowest BCUT2D eigenvalue weighted by Crippen LogP contribution is -2.15. The van der Waals surface area contributed by atoms with Crippen LogP contribution in [0.5, 0.6) is 0 Å². The summed E-state index contributed by atoms with van der Waals surface area (Å²) in [5.41, 5.74) is 2.64. The van der Waals surface area contributed by atoms with Crippen LogP contribution in [0.1, 0.15) is 42.3 Å². The molecule has 2 aromatic rings. The Labute approximate surface area is 106 Å². The maximum absolute atomic E-state index is 11.7. The highest BCUT2D eigenvalue weighted by Gasteiger charge is 2.15. The number of nitrogens with one attached hydrogen (secondary N) is 1. The fraction of sp³-hybridized carbons (Fsp3) is 0.333. The molecule has 1 N–H and O–H groups in total. The maximum Gasteiger partial charge on any atom is 0.259 e. The minimum Gasteiger partial charge on any atom is -0.321 e. The van der Waals surface area contributed by atoms with Crippen molar-refractivity contribution in [2.24, 2.45) is 0 Å². The van der Waals surface area contributed by atoms with Gasteiger partial charge in [-0.05, 0) is 35.6 Å². The standard InChI is InChI=1S/C15H17NO2/c1-9-11-7-10(15(2,3)4)5-6-13(11)16-14(18)12(9)8-17/h5-8H,1-4H3,(H,16,18). The largest absolute Gasteiger partial charge is 0.321 e. The first-order valence-electron chi connectivity index (χ1n) is 5.97. The van der Waals surface area contributed by atoms with Gasteiger partial charge in [0, 0.05) is 10.9 Å². The van der Waals surface area contributed by atoms with Crippen LogP contribution in [0.2, 0.25) is 0 Å². The lowest BCUT2D eigenvalue weighted by molar-refractivity contribution is 0.112. The van der Waals surface area contributed by atoms with Crippen molar-refractivity contribution < 1.29 is 4.79 Å². The fourth-order valence-corrected chi connectivity index (χ4v) is 2.08. The third-order valence-electron chi connectivity index (χ3n) is 3.30. The zero-order valence-electron chi connectivity index (χ0n) is 11.1. The van der Waals surface area contributed by atoms with E-state index >= 15 is 0 Å². The molecule has 0 fully saturated rings. The van der Waals surface area contributed by atoms with Gasteiger partial charge in [-0.15, -0.1) is 0 Å². The first-order valence-corrected chi connectivity index (χ1v) is 5.97. The number of rotatable bonds is 1. The van der Waals surface area contributed by atoms with Crippen molar-refractivity contribution in [3.05, 3.63) is 45.2 Å². The Balaban J connectivity index is 2.85. The van der Waals surface area contributed by atoms with Gasteiger partial charge < -0.3 is 4.98 Å². The number of aromatic nitrogens is 1. The summed E-state index contributed by atoms with van der Waals surface area (Å²) in [6.07, 6.45) is 0.622. The number of benzene rings is 1. The molecule has 1 aromatic heterocycles. The van der Waals surface area contributed by atoms with Crippen molar-refractivity contribution in [1.29, 1.82) is 0 Å². The Kier molecular flexibility index (Phi) is 2.85. The Morgan fingerprint density at radius 3 is 2.44 bits per heavy atom. The fourth-order valence-electron chi connectivity index (χ4n) is 2.08. The van der Waals surface area contributed by atoms with Crippen LogP contribution in [0, 0.1) is 6.92 Å². The summed E-state index contributed by atoms with van der Waals surface area (Å²) >= 11 is 0. The van der Waals surface area contributed by atoms with Crippen LogP contribution in [-0.4, -0.2) is 11.3 Å². The monoisotopic (exact) mass is 243 g/mol. The molecule has 0 amide bonds. The highest BCUT2D eigenvalue weighted by Crippen LogP contribution is 2.26. The summed E-state index contributed by atoms with van der Waals surface area (Å²) < 4.78 is 0. The number of fused-ring (bicyclic) bond motifs is 1. The molecular weight excluding hydrogens is 226 g/mol. The van der Waals surface area contributed by atoms with Gasteiger partial charge in [-0.3, -0.25) is 9.59 Å². The zero-order chi connectivity index (χ0) is 13.5. The van der Waals surface area contributed by atoms with E-state index in [1.54, 1.807) is 0 Å². The Bertz CT molecular complexity index is 675. The van der Waals surface area contributed by atoms with E-state index in [0.717, 1.165) is 16.5 Å². The molecule has 0 aliphatic rings. The summed E-state index contributed by atoms with van der Waals surface area (Å²) in [6.45, 7) is 8.22. The third-order valence-corrected chi connectivity index (χ3v) is 3.30. The van der Waals surface area contributed by atoms with E-state index in [4.69, 9.17) is 0 Å². The molecule has 0 aliphatic heterocycles. The lowest BCUT2D eigenvalue weighted by Gasteiger charge is -2.20. The van der Waals surface area contributed by atoms with Crippen LogP contribution in [0.4, 0.5) is 0 Å². The molecule has 0 radical (unpaired) electrons. The van der Waals surface area contributed by atoms with Gasteiger partial charge in [0.05, 0.1) is 5.56 Å². The predicted molar refractivity (Wildman–Crippen MR) is 73.4 cm³/mol. The van der Waals surface area contributed by atoms with Gasteiger partial charge >= 0.3 is 0 Å². The van der Waals surface area contributed by atoms with Crippen molar-refractivity contribution in [2.45, 2.75) is 33.1 Å². The molecule has 0 saturated carbocycles. The molecule has 3 nitrogen and oxygen atoms in total. The zero-order valence-corrected chi connectivity index (χ0v) is 11.1. The third kappa shape index (κ3) is 1.96. The second-order valence-corrected chi connectivity index (χ2v) is 5.62. The number of hydrogen-bond acceptors (Lipinski definition) is 2. The van der Waals surface area contributed by atoms with Gasteiger partial charge in [-0.2, -0.15) is 0 Å². The van der Waals surface area contributed by atoms with E-state index in [-0.39, 0.29) is 16.5 Å². The van der Waals surface area contributed by atoms with Crippen molar-refractivity contribution in [1.82, 2.24) is 4.98 Å². The van der Waals surface area contributed by atoms with Gasteiger partial charge in [0.1, 0.15) is 0 Å². The quantitative estimate of drug-likeness (QED) is 0.783. The van der Waals surface area contributed by atoms with Crippen LogP contribution >= 0.6 is 0 Å². The first-order chi connectivity index (χ1) is 8.34. The van der Waals surface area contributed by atoms with E-state index in [1.807, 2.05) is 25.1 Å². The smallest absolute Gasteiger partial charge is 0.259 e. The number of aromatic amines is 1. The second-order valence-electron chi connectivity index (χ2n) is 5.62. The Morgan fingerprint density at radius 1 is 1.22 bits per heavy atom. The first kappa shape index (κ1) is 12.6. The molecule has 0 aliphatic carbocycles. The molecular formula is C15H17NO2. The minimum atomic E-state index is -0.321. The van der Waals surface area contributed by atoms with Crippen molar-refractivity contribution >= 4 is 17.2 Å². The lowest BCUT2D eigenvalue weighted by atomic mass is 9.86. The second kappa shape index (κ2) is 4.09. The van der Waals surface area contributed by atoms with Crippen molar-refractivity contribution in [2.75, 3.05) is 0 Å². The van der Waals surface area contributed by atoms with Crippen molar-refractivity contribution in [3.8, 4) is 0 Å². The molecule has 3 heteroatoms. The van der Waals surface area contributed by atoms with E-state index in [9.17, 15) is 9.59 Å². The Morgan fingerprint density at radius 2 is 1.89 bits per heavy atom. The topological polar surface area (TPSA) is 49.9 Å². The number of pyridine rings is 1. The highest BCUT2D eigenvalue weighted by molar-refractivity contribution is 5.90. The molecule has 0 saturated heterocycles. The molecule has 18 heavy (non-hydrogen) atoms. The number of hydrogen-bond donors (Lipinski definition) is 1. The molecule has 94 valence electrons. The van der Waals surface area contributed by atoms with Gasteiger partial charge in [0.25, 0.3) is 5.56 Å². The number of H-pyrrole nitrogens is 1. The SMILES string of the molecule is Cc1c(C=O)c(=O)[nH]c2ccc(C(C)(C)C)cc12.